The maximum absolute atomic E-state index is 13.3. The molecule has 1 heterocycles. The van der Waals surface area contributed by atoms with E-state index in [0.717, 1.165) is 6.07 Å². The van der Waals surface area contributed by atoms with Crippen molar-refractivity contribution in [3.8, 4) is 5.75 Å². The Balaban J connectivity index is 2.14. The summed E-state index contributed by atoms with van der Waals surface area (Å²) in [6.45, 7) is 0.0909. The van der Waals surface area contributed by atoms with E-state index in [-0.39, 0.29) is 12.4 Å². The van der Waals surface area contributed by atoms with Gasteiger partial charge in [0.2, 0.25) is 5.82 Å². The van der Waals surface area contributed by atoms with Gasteiger partial charge < -0.3 is 4.74 Å². The summed E-state index contributed by atoms with van der Waals surface area (Å²) in [6.07, 6.45) is 1.61. The Morgan fingerprint density at radius 3 is 2.76 bits per heavy atom. The van der Waals surface area contributed by atoms with Gasteiger partial charge in [0, 0.05) is 10.7 Å². The molecule has 17 heavy (non-hydrogen) atoms. The fourth-order valence-corrected chi connectivity index (χ4v) is 1.68. The lowest BCUT2D eigenvalue weighted by Gasteiger charge is -2.07. The van der Waals surface area contributed by atoms with Gasteiger partial charge in [-0.25, -0.2) is 4.39 Å². The van der Waals surface area contributed by atoms with E-state index in [0.29, 0.717) is 10.2 Å². The summed E-state index contributed by atoms with van der Waals surface area (Å²) in [6, 6.07) is 7.73. The fraction of sp³-hybridized carbons (Fsp3) is 0.0833. The molecule has 0 unspecified atom stereocenters. The van der Waals surface area contributed by atoms with Crippen LogP contribution >= 0.6 is 15.9 Å². The SMILES string of the molecule is Fc1cc(Br)cc(OCc2ccccn2)c1F. The highest BCUT2D eigenvalue weighted by Gasteiger charge is 2.11. The van der Waals surface area contributed by atoms with Crippen molar-refractivity contribution in [3.63, 3.8) is 0 Å². The molecule has 0 spiro atoms. The van der Waals surface area contributed by atoms with Crippen LogP contribution in [-0.2, 0) is 6.61 Å². The highest BCUT2D eigenvalue weighted by atomic mass is 79.9. The van der Waals surface area contributed by atoms with Gasteiger partial charge in [0.05, 0.1) is 5.69 Å². The van der Waals surface area contributed by atoms with Gasteiger partial charge in [0.15, 0.2) is 11.6 Å². The lowest BCUT2D eigenvalue weighted by atomic mass is 10.3. The molecule has 2 nitrogen and oxygen atoms in total. The zero-order chi connectivity index (χ0) is 12.3. The van der Waals surface area contributed by atoms with Crippen molar-refractivity contribution in [1.82, 2.24) is 4.98 Å². The molecule has 1 aromatic carbocycles. The van der Waals surface area contributed by atoms with Crippen molar-refractivity contribution in [1.29, 1.82) is 0 Å². The fourth-order valence-electron chi connectivity index (χ4n) is 1.27. The molecule has 1 aromatic heterocycles. The topological polar surface area (TPSA) is 22.1 Å². The van der Waals surface area contributed by atoms with Crippen molar-refractivity contribution < 1.29 is 13.5 Å². The third-order valence-corrected chi connectivity index (χ3v) is 2.52. The number of hydrogen-bond donors (Lipinski definition) is 0. The highest BCUT2D eigenvalue weighted by Crippen LogP contribution is 2.25. The van der Waals surface area contributed by atoms with Gasteiger partial charge in [-0.05, 0) is 24.3 Å². The van der Waals surface area contributed by atoms with E-state index in [1.54, 1.807) is 24.4 Å². The van der Waals surface area contributed by atoms with Crippen LogP contribution in [0.25, 0.3) is 0 Å². The van der Waals surface area contributed by atoms with Crippen LogP contribution in [0.15, 0.2) is 41.0 Å². The quantitative estimate of drug-likeness (QED) is 0.806. The third kappa shape index (κ3) is 3.00. The van der Waals surface area contributed by atoms with E-state index in [1.807, 2.05) is 0 Å². The molecule has 5 heteroatoms. The Morgan fingerprint density at radius 2 is 2.06 bits per heavy atom. The summed E-state index contributed by atoms with van der Waals surface area (Å²) in [7, 11) is 0. The number of hydrogen-bond acceptors (Lipinski definition) is 2. The summed E-state index contributed by atoms with van der Waals surface area (Å²) in [5.74, 6) is -2.08. The van der Waals surface area contributed by atoms with E-state index in [4.69, 9.17) is 4.74 Å². The minimum Gasteiger partial charge on any atom is -0.484 e. The first kappa shape index (κ1) is 12.0. The van der Waals surface area contributed by atoms with Crippen LogP contribution in [0.4, 0.5) is 8.78 Å². The van der Waals surface area contributed by atoms with Crippen molar-refractivity contribution >= 4 is 15.9 Å². The number of benzene rings is 1. The zero-order valence-corrected chi connectivity index (χ0v) is 10.2. The molecule has 0 atom stereocenters. The number of nitrogens with zero attached hydrogens (tertiary/aromatic N) is 1. The molecule has 2 rings (SSSR count). The smallest absolute Gasteiger partial charge is 0.200 e. The van der Waals surface area contributed by atoms with Crippen molar-refractivity contribution in [2.45, 2.75) is 6.61 Å². The average molecular weight is 300 g/mol. The average Bonchev–Trinajstić information content (AvgIpc) is 2.33. The van der Waals surface area contributed by atoms with Crippen LogP contribution in [0.2, 0.25) is 0 Å². The second-order valence-electron chi connectivity index (χ2n) is 3.31. The lowest BCUT2D eigenvalue weighted by Crippen LogP contribution is -2.00. The van der Waals surface area contributed by atoms with Gasteiger partial charge >= 0.3 is 0 Å². The maximum Gasteiger partial charge on any atom is 0.200 e. The van der Waals surface area contributed by atoms with E-state index in [1.165, 1.54) is 6.07 Å². The standard InChI is InChI=1S/C12H8BrF2NO/c13-8-5-10(14)12(15)11(6-8)17-7-9-3-1-2-4-16-9/h1-6H,7H2. The second kappa shape index (κ2) is 5.23. The van der Waals surface area contributed by atoms with Crippen LogP contribution in [0, 0.1) is 11.6 Å². The predicted molar refractivity (Wildman–Crippen MR) is 62.6 cm³/mol. The molecular weight excluding hydrogens is 292 g/mol. The summed E-state index contributed by atoms with van der Waals surface area (Å²) in [5.41, 5.74) is 0.646. The van der Waals surface area contributed by atoms with Crippen LogP contribution in [0.5, 0.6) is 5.75 Å². The summed E-state index contributed by atoms with van der Waals surface area (Å²) >= 11 is 3.07. The van der Waals surface area contributed by atoms with Gasteiger partial charge in [-0.3, -0.25) is 4.98 Å². The van der Waals surface area contributed by atoms with E-state index < -0.39 is 11.6 Å². The monoisotopic (exact) mass is 299 g/mol. The van der Waals surface area contributed by atoms with Crippen LogP contribution in [0.3, 0.4) is 0 Å². The molecule has 0 saturated carbocycles. The molecule has 0 amide bonds. The molecule has 0 N–H and O–H groups in total. The molecule has 2 aromatic rings. The molecule has 0 saturated heterocycles. The van der Waals surface area contributed by atoms with E-state index >= 15 is 0 Å². The van der Waals surface area contributed by atoms with Gasteiger partial charge in [-0.2, -0.15) is 4.39 Å². The van der Waals surface area contributed by atoms with Gasteiger partial charge in [-0.15, -0.1) is 0 Å². The van der Waals surface area contributed by atoms with Gasteiger partial charge in [0.1, 0.15) is 6.61 Å². The van der Waals surface area contributed by atoms with Crippen molar-refractivity contribution in [2.75, 3.05) is 0 Å². The van der Waals surface area contributed by atoms with Crippen molar-refractivity contribution in [2.24, 2.45) is 0 Å². The summed E-state index contributed by atoms with van der Waals surface area (Å²) < 4.78 is 32.0. The highest BCUT2D eigenvalue weighted by molar-refractivity contribution is 9.10. The number of rotatable bonds is 3. The molecule has 0 fully saturated rings. The number of ether oxygens (including phenoxy) is 1. The predicted octanol–water partition coefficient (Wildman–Crippen LogP) is 3.70. The number of aromatic nitrogens is 1. The summed E-state index contributed by atoms with van der Waals surface area (Å²) in [4.78, 5) is 4.02. The zero-order valence-electron chi connectivity index (χ0n) is 8.66. The minimum atomic E-state index is -0.996. The first-order chi connectivity index (χ1) is 8.16. The van der Waals surface area contributed by atoms with Gasteiger partial charge in [0.25, 0.3) is 0 Å². The number of pyridine rings is 1. The van der Waals surface area contributed by atoms with Crippen LogP contribution in [-0.4, -0.2) is 4.98 Å². The molecular formula is C12H8BrF2NO. The first-order valence-corrected chi connectivity index (χ1v) is 5.63. The Hall–Kier alpha value is -1.49. The van der Waals surface area contributed by atoms with Crippen LogP contribution < -0.4 is 4.74 Å². The molecule has 0 aliphatic rings. The first-order valence-electron chi connectivity index (χ1n) is 4.84. The minimum absolute atomic E-state index is 0.0909. The largest absolute Gasteiger partial charge is 0.484 e. The lowest BCUT2D eigenvalue weighted by molar-refractivity contribution is 0.280. The normalized spacial score (nSPS) is 10.3. The van der Waals surface area contributed by atoms with Gasteiger partial charge in [-0.1, -0.05) is 22.0 Å². The second-order valence-corrected chi connectivity index (χ2v) is 4.23. The Bertz CT molecular complexity index is 519. The Morgan fingerprint density at radius 1 is 1.24 bits per heavy atom. The molecule has 0 radical (unpaired) electrons. The molecule has 0 bridgehead atoms. The summed E-state index contributed by atoms with van der Waals surface area (Å²) in [5, 5.41) is 0. The maximum atomic E-state index is 13.3. The third-order valence-electron chi connectivity index (χ3n) is 2.06. The van der Waals surface area contributed by atoms with Crippen molar-refractivity contribution in [3.05, 3.63) is 58.3 Å². The van der Waals surface area contributed by atoms with E-state index in [9.17, 15) is 8.78 Å². The van der Waals surface area contributed by atoms with E-state index in [2.05, 4.69) is 20.9 Å². The molecule has 0 aliphatic carbocycles. The Labute approximate surface area is 105 Å². The Kier molecular flexibility index (Phi) is 3.68. The molecule has 88 valence electrons. The number of halogens is 3. The van der Waals surface area contributed by atoms with Crippen LogP contribution in [0.1, 0.15) is 5.69 Å². The molecule has 0 aliphatic heterocycles.